The molecule has 3 unspecified atom stereocenters. The van der Waals surface area contributed by atoms with Crippen LogP contribution in [0.3, 0.4) is 0 Å². The van der Waals surface area contributed by atoms with Crippen molar-refractivity contribution < 1.29 is 29.3 Å². The average Bonchev–Trinajstić information content (AvgIpc) is 3.42. The maximum atomic E-state index is 14.7. The standard InChI is InChI=1S/C35H48N4O6/c1-8-34(3)27-19(2)25-20(16-23(27)29(38(6)7)32(42)28(34)33(36)43)15-22-24(37(4)5)17-21(30(40)26(22)31(25)41)18-39-11-9-35(10-12-39)44-13-14-45-35/h8,17,20,23,27,29,40,42H,1,9-16,18H2,2-7H3,(H2,36,43)/t20?,23?,27?,29-,34-/m0/s1. The van der Waals surface area contributed by atoms with Crippen LogP contribution in [-0.2, 0) is 27.2 Å². The largest absolute Gasteiger partial charge is 0.510 e. The number of hydrogen-bond acceptors (Lipinski definition) is 9. The molecule has 244 valence electrons. The van der Waals surface area contributed by atoms with Gasteiger partial charge in [0, 0.05) is 68.8 Å². The van der Waals surface area contributed by atoms with Gasteiger partial charge in [0.1, 0.15) is 11.5 Å². The number of primary amides is 1. The molecule has 3 aliphatic carbocycles. The van der Waals surface area contributed by atoms with E-state index in [1.807, 2.05) is 57.9 Å². The molecule has 4 N–H and O–H groups in total. The van der Waals surface area contributed by atoms with Crippen molar-refractivity contribution in [3.8, 4) is 5.75 Å². The lowest BCUT2D eigenvalue weighted by molar-refractivity contribution is -0.185. The van der Waals surface area contributed by atoms with Crippen LogP contribution in [0.5, 0.6) is 5.75 Å². The molecular formula is C35H48N4O6. The zero-order chi connectivity index (χ0) is 32.6. The van der Waals surface area contributed by atoms with Crippen LogP contribution >= 0.6 is 0 Å². The normalized spacial score (nSPS) is 31.2. The third kappa shape index (κ3) is 4.83. The fraction of sp³-hybridized carbons (Fsp3) is 0.600. The summed E-state index contributed by atoms with van der Waals surface area (Å²) in [7, 11) is 7.73. The third-order valence-electron chi connectivity index (χ3n) is 11.3. The van der Waals surface area contributed by atoms with Gasteiger partial charge in [-0.05, 0) is 63.2 Å². The predicted molar refractivity (Wildman–Crippen MR) is 172 cm³/mol. The van der Waals surface area contributed by atoms with E-state index in [1.54, 1.807) is 6.08 Å². The number of hydrogen-bond donors (Lipinski definition) is 3. The van der Waals surface area contributed by atoms with Crippen LogP contribution in [-0.4, -0.2) is 98.0 Å². The van der Waals surface area contributed by atoms with Crippen LogP contribution in [0, 0.1) is 23.2 Å². The first-order chi connectivity index (χ1) is 21.2. The van der Waals surface area contributed by atoms with Gasteiger partial charge in [0.15, 0.2) is 11.6 Å². The first-order valence-electron chi connectivity index (χ1n) is 16.1. The van der Waals surface area contributed by atoms with Gasteiger partial charge in [0.2, 0.25) is 5.91 Å². The molecule has 1 aromatic rings. The Balaban J connectivity index is 1.42. The molecule has 1 aromatic carbocycles. The number of ketones is 1. The quantitative estimate of drug-likeness (QED) is 0.409. The first-order valence-corrected chi connectivity index (χ1v) is 16.1. The lowest BCUT2D eigenvalue weighted by Gasteiger charge is -2.54. The predicted octanol–water partition coefficient (Wildman–Crippen LogP) is 3.54. The molecule has 1 amide bonds. The molecule has 10 heteroatoms. The van der Waals surface area contributed by atoms with Crippen LogP contribution in [0.15, 0.2) is 41.2 Å². The van der Waals surface area contributed by atoms with Crippen LogP contribution in [0.4, 0.5) is 5.69 Å². The SMILES string of the molecule is C=C[C@]1(C)C(C(N)=O)=C(O)[C@@H](N(C)C)C2CC3Cc4c(N(C)C)cc(CN5CCC6(CC5)OCCO6)c(O)c4C(=O)C3=C(C)C21. The van der Waals surface area contributed by atoms with Crippen molar-refractivity contribution in [3.05, 3.63) is 57.9 Å². The number of likely N-dealkylation sites (tertiary alicyclic amines) is 1. The van der Waals surface area contributed by atoms with Gasteiger partial charge in [0.25, 0.3) is 0 Å². The van der Waals surface area contributed by atoms with E-state index < -0.39 is 23.2 Å². The summed E-state index contributed by atoms with van der Waals surface area (Å²) in [5, 5.41) is 23.3. The van der Waals surface area contributed by atoms with Crippen LogP contribution < -0.4 is 10.6 Å². The molecule has 10 nitrogen and oxygen atoms in total. The van der Waals surface area contributed by atoms with E-state index in [-0.39, 0.29) is 40.6 Å². The number of aliphatic hydroxyl groups is 1. The maximum absolute atomic E-state index is 14.7. The number of anilines is 1. The summed E-state index contributed by atoms with van der Waals surface area (Å²) < 4.78 is 11.8. The topological polar surface area (TPSA) is 129 Å². The number of amides is 1. The molecule has 45 heavy (non-hydrogen) atoms. The zero-order valence-electron chi connectivity index (χ0n) is 27.5. The van der Waals surface area contributed by atoms with Gasteiger partial charge in [-0.15, -0.1) is 6.58 Å². The molecule has 2 fully saturated rings. The minimum atomic E-state index is -0.966. The Kier molecular flexibility index (Phi) is 7.95. The number of aromatic hydroxyl groups is 1. The molecule has 2 heterocycles. The Morgan fingerprint density at radius 3 is 2.38 bits per heavy atom. The summed E-state index contributed by atoms with van der Waals surface area (Å²) in [4.78, 5) is 33.7. The van der Waals surface area contributed by atoms with Crippen molar-refractivity contribution in [1.82, 2.24) is 9.80 Å². The molecule has 1 spiro atoms. The number of nitrogens with two attached hydrogens (primary N) is 1. The van der Waals surface area contributed by atoms with Gasteiger partial charge in [0.05, 0.1) is 30.4 Å². The van der Waals surface area contributed by atoms with Gasteiger partial charge < -0.3 is 30.3 Å². The summed E-state index contributed by atoms with van der Waals surface area (Å²) in [6.07, 6.45) is 4.46. The Bertz CT molecular complexity index is 1500. The average molecular weight is 621 g/mol. The highest BCUT2D eigenvalue weighted by molar-refractivity contribution is 6.14. The Labute approximate surface area is 266 Å². The fourth-order valence-corrected chi connectivity index (χ4v) is 9.36. The lowest BCUT2D eigenvalue weighted by atomic mass is 9.51. The number of piperidine rings is 1. The Morgan fingerprint density at radius 1 is 1.18 bits per heavy atom. The number of carbonyl (C=O) groups is 2. The van der Waals surface area contributed by atoms with Crippen molar-refractivity contribution in [1.29, 1.82) is 0 Å². The van der Waals surface area contributed by atoms with Crippen LogP contribution in [0.1, 0.15) is 54.6 Å². The number of benzene rings is 1. The van der Waals surface area contributed by atoms with Gasteiger partial charge >= 0.3 is 0 Å². The summed E-state index contributed by atoms with van der Waals surface area (Å²) >= 11 is 0. The zero-order valence-corrected chi connectivity index (χ0v) is 27.5. The van der Waals surface area contributed by atoms with Gasteiger partial charge in [-0.3, -0.25) is 19.4 Å². The number of ether oxygens (including phenoxy) is 2. The van der Waals surface area contributed by atoms with E-state index >= 15 is 0 Å². The summed E-state index contributed by atoms with van der Waals surface area (Å²) in [6.45, 7) is 11.2. The highest BCUT2D eigenvalue weighted by atomic mass is 16.7. The second kappa shape index (κ2) is 11.3. The highest BCUT2D eigenvalue weighted by Gasteiger charge is 2.57. The minimum absolute atomic E-state index is 0.0131. The Hall–Kier alpha value is -3.18. The van der Waals surface area contributed by atoms with Gasteiger partial charge in [-0.25, -0.2) is 0 Å². The highest BCUT2D eigenvalue weighted by Crippen LogP contribution is 2.59. The summed E-state index contributed by atoms with van der Waals surface area (Å²) in [6, 6.07) is 1.60. The van der Waals surface area contributed by atoms with Crippen LogP contribution in [0.25, 0.3) is 0 Å². The van der Waals surface area contributed by atoms with Gasteiger partial charge in [-0.2, -0.15) is 0 Å². The van der Waals surface area contributed by atoms with Crippen molar-refractivity contribution in [2.45, 2.75) is 57.9 Å². The molecule has 0 aromatic heterocycles. The van der Waals surface area contributed by atoms with E-state index in [2.05, 4.69) is 11.5 Å². The van der Waals surface area contributed by atoms with Crippen LogP contribution in [0.2, 0.25) is 0 Å². The number of rotatable bonds is 6. The van der Waals surface area contributed by atoms with E-state index in [4.69, 9.17) is 15.2 Å². The first kappa shape index (κ1) is 31.8. The number of likely N-dealkylation sites (N-methyl/N-ethyl adjacent to an activating group) is 1. The molecule has 0 saturated carbocycles. The fourth-order valence-electron chi connectivity index (χ4n) is 9.36. The molecule has 6 rings (SSSR count). The Morgan fingerprint density at radius 2 is 1.82 bits per heavy atom. The molecule has 2 saturated heterocycles. The molecule has 5 atom stereocenters. The van der Waals surface area contributed by atoms with E-state index in [0.29, 0.717) is 43.7 Å². The molecule has 0 bridgehead atoms. The lowest BCUT2D eigenvalue weighted by Crippen LogP contribution is -2.55. The second-order valence-corrected chi connectivity index (χ2v) is 14.3. The number of fused-ring (bicyclic) bond motifs is 3. The third-order valence-corrected chi connectivity index (χ3v) is 11.3. The number of Topliss-reactive ketones (excluding diaryl/α,β-unsaturated/α-hetero) is 1. The number of aliphatic hydroxyl groups excluding tert-OH is 1. The molecule has 0 radical (unpaired) electrons. The van der Waals surface area contributed by atoms with Crippen molar-refractivity contribution in [2.24, 2.45) is 28.9 Å². The molecule has 5 aliphatic rings. The monoisotopic (exact) mass is 620 g/mol. The molecule has 2 aliphatic heterocycles. The van der Waals surface area contributed by atoms with Crippen molar-refractivity contribution in [3.63, 3.8) is 0 Å². The number of phenolic OH excluding ortho intramolecular Hbond substituents is 1. The van der Waals surface area contributed by atoms with Crippen molar-refractivity contribution in [2.75, 3.05) is 59.4 Å². The van der Waals surface area contributed by atoms with E-state index in [1.165, 1.54) is 0 Å². The number of carbonyl (C=O) groups excluding carboxylic acids is 2. The van der Waals surface area contributed by atoms with E-state index in [9.17, 15) is 19.8 Å². The van der Waals surface area contributed by atoms with E-state index in [0.717, 1.165) is 48.3 Å². The summed E-state index contributed by atoms with van der Waals surface area (Å²) in [5.41, 5.74) is 9.55. The molecular weight excluding hydrogens is 572 g/mol. The number of nitrogens with zero attached hydrogens (tertiary/aromatic N) is 3. The van der Waals surface area contributed by atoms with Crippen molar-refractivity contribution >= 4 is 17.4 Å². The minimum Gasteiger partial charge on any atom is -0.510 e. The smallest absolute Gasteiger partial charge is 0.248 e. The number of allylic oxidation sites excluding steroid dienone is 3. The maximum Gasteiger partial charge on any atom is 0.248 e. The second-order valence-electron chi connectivity index (χ2n) is 14.3. The number of phenols is 1. The summed E-state index contributed by atoms with van der Waals surface area (Å²) in [5.74, 6) is -1.75. The van der Waals surface area contributed by atoms with Gasteiger partial charge in [-0.1, -0.05) is 18.6 Å².